The first-order chi connectivity index (χ1) is 13.8. The van der Waals surface area contributed by atoms with Gasteiger partial charge in [0, 0.05) is 53.1 Å². The molecule has 0 aliphatic carbocycles. The van der Waals surface area contributed by atoms with Crippen molar-refractivity contribution < 1.29 is 18.9 Å². The van der Waals surface area contributed by atoms with Crippen LogP contribution in [-0.4, -0.2) is 77.7 Å². The van der Waals surface area contributed by atoms with E-state index in [1.165, 1.54) is 0 Å². The van der Waals surface area contributed by atoms with E-state index in [0.717, 1.165) is 76.0 Å². The molecule has 1 heterocycles. The molecule has 1 aliphatic heterocycles. The van der Waals surface area contributed by atoms with Crippen LogP contribution in [0.3, 0.4) is 0 Å². The zero-order chi connectivity index (χ0) is 20.0. The van der Waals surface area contributed by atoms with Gasteiger partial charge in [0.05, 0.1) is 19.8 Å². The summed E-state index contributed by atoms with van der Waals surface area (Å²) in [6.45, 7) is 4.94. The number of piperidine rings is 1. The first kappa shape index (κ1) is 25.8. The molecule has 0 bridgehead atoms. The van der Waals surface area contributed by atoms with Crippen LogP contribution in [-0.2, 0) is 9.47 Å². The van der Waals surface area contributed by atoms with E-state index in [1.54, 1.807) is 14.2 Å². The molecule has 0 spiro atoms. The average molecular weight is 521 g/mol. The van der Waals surface area contributed by atoms with Gasteiger partial charge < -0.3 is 29.2 Å². The molecule has 1 N–H and O–H groups in total. The molecule has 0 unspecified atom stereocenters. The molecule has 7 nitrogen and oxygen atoms in total. The maximum absolute atomic E-state index is 5.93. The highest BCUT2D eigenvalue weighted by atomic mass is 127. The number of halogens is 1. The summed E-state index contributed by atoms with van der Waals surface area (Å²) in [5.41, 5.74) is 0. The number of likely N-dealkylation sites (tertiary alicyclic amines) is 1. The predicted octanol–water partition coefficient (Wildman–Crippen LogP) is 3.18. The van der Waals surface area contributed by atoms with Crippen LogP contribution in [0.5, 0.6) is 11.5 Å². The molecule has 1 aromatic carbocycles. The summed E-state index contributed by atoms with van der Waals surface area (Å²) in [5.74, 6) is 2.60. The van der Waals surface area contributed by atoms with E-state index in [1.807, 2.05) is 31.3 Å². The molecule has 2 rings (SSSR count). The van der Waals surface area contributed by atoms with Crippen LogP contribution in [0.25, 0.3) is 0 Å². The monoisotopic (exact) mass is 521 g/mol. The molecule has 1 saturated heterocycles. The van der Waals surface area contributed by atoms with Crippen molar-refractivity contribution in [1.82, 2.24) is 10.2 Å². The summed E-state index contributed by atoms with van der Waals surface area (Å²) in [4.78, 5) is 6.72. The van der Waals surface area contributed by atoms with Crippen molar-refractivity contribution in [3.63, 3.8) is 0 Å². The highest BCUT2D eigenvalue weighted by Gasteiger charge is 2.21. The number of aliphatic imine (C=N–C) groups is 1. The lowest BCUT2D eigenvalue weighted by atomic mass is 10.1. The summed E-state index contributed by atoms with van der Waals surface area (Å²) >= 11 is 0. The summed E-state index contributed by atoms with van der Waals surface area (Å²) in [5, 5.41) is 3.44. The van der Waals surface area contributed by atoms with Crippen LogP contribution in [0, 0.1) is 0 Å². The number of ether oxygens (including phenoxy) is 4. The van der Waals surface area contributed by atoms with Gasteiger partial charge in [-0.2, -0.15) is 0 Å². The standard InChI is InChI=1S/C21H35N3O4.HI/c1-22-21(24-12-9-18(10-13-24)27-16-6-14-25-2)23-11-5-15-28-20-8-4-7-19(17-20)26-3;/h4,7-8,17-18H,5-6,9-16H2,1-3H3,(H,22,23);1H. The number of guanidine groups is 1. The van der Waals surface area contributed by atoms with E-state index in [9.17, 15) is 0 Å². The smallest absolute Gasteiger partial charge is 0.193 e. The van der Waals surface area contributed by atoms with Gasteiger partial charge in [0.15, 0.2) is 5.96 Å². The third kappa shape index (κ3) is 9.86. The Bertz CT molecular complexity index is 581. The maximum Gasteiger partial charge on any atom is 0.193 e. The second-order valence-electron chi connectivity index (χ2n) is 6.76. The number of rotatable bonds is 11. The Kier molecular flexibility index (Phi) is 13.8. The fourth-order valence-electron chi connectivity index (χ4n) is 3.17. The van der Waals surface area contributed by atoms with Crippen LogP contribution >= 0.6 is 24.0 Å². The first-order valence-corrected chi connectivity index (χ1v) is 10.1. The van der Waals surface area contributed by atoms with Gasteiger partial charge >= 0.3 is 0 Å². The zero-order valence-electron chi connectivity index (χ0n) is 17.9. The van der Waals surface area contributed by atoms with Gasteiger partial charge in [-0.3, -0.25) is 4.99 Å². The zero-order valence-corrected chi connectivity index (χ0v) is 20.2. The van der Waals surface area contributed by atoms with Crippen LogP contribution in [0.1, 0.15) is 25.7 Å². The van der Waals surface area contributed by atoms with Crippen molar-refractivity contribution in [2.75, 3.05) is 60.7 Å². The van der Waals surface area contributed by atoms with Crippen molar-refractivity contribution >= 4 is 29.9 Å². The summed E-state index contributed by atoms with van der Waals surface area (Å²) in [6.07, 6.45) is 4.27. The molecule has 0 atom stereocenters. The number of nitrogens with one attached hydrogen (secondary N) is 1. The minimum Gasteiger partial charge on any atom is -0.497 e. The highest BCUT2D eigenvalue weighted by Crippen LogP contribution is 2.19. The summed E-state index contributed by atoms with van der Waals surface area (Å²) in [6, 6.07) is 7.68. The maximum atomic E-state index is 5.93. The van der Waals surface area contributed by atoms with Gasteiger partial charge in [-0.15, -0.1) is 24.0 Å². The van der Waals surface area contributed by atoms with Gasteiger partial charge in [-0.1, -0.05) is 6.07 Å². The van der Waals surface area contributed by atoms with E-state index < -0.39 is 0 Å². The van der Waals surface area contributed by atoms with Crippen LogP contribution < -0.4 is 14.8 Å². The average Bonchev–Trinajstić information content (AvgIpc) is 2.74. The number of benzene rings is 1. The van der Waals surface area contributed by atoms with Gasteiger partial charge in [-0.05, 0) is 37.8 Å². The fraction of sp³-hybridized carbons (Fsp3) is 0.667. The minimum atomic E-state index is 0. The quantitative estimate of drug-likeness (QED) is 0.209. The molecule has 0 amide bonds. The highest BCUT2D eigenvalue weighted by molar-refractivity contribution is 14.0. The Morgan fingerprint density at radius 2 is 1.86 bits per heavy atom. The van der Waals surface area contributed by atoms with Gasteiger partial charge in [0.2, 0.25) is 0 Å². The minimum absolute atomic E-state index is 0. The van der Waals surface area contributed by atoms with Crippen LogP contribution in [0.2, 0.25) is 0 Å². The molecule has 0 radical (unpaired) electrons. The number of hydrogen-bond acceptors (Lipinski definition) is 5. The molecule has 29 heavy (non-hydrogen) atoms. The van der Waals surface area contributed by atoms with Crippen molar-refractivity contribution in [2.24, 2.45) is 4.99 Å². The molecular formula is C21H36IN3O4. The molecule has 0 aromatic heterocycles. The van der Waals surface area contributed by atoms with E-state index in [-0.39, 0.29) is 24.0 Å². The summed E-state index contributed by atoms with van der Waals surface area (Å²) in [7, 11) is 5.22. The Morgan fingerprint density at radius 1 is 1.10 bits per heavy atom. The molecule has 1 aliphatic rings. The Hall–Kier alpha value is -1.26. The van der Waals surface area contributed by atoms with Crippen molar-refractivity contribution in [3.8, 4) is 11.5 Å². The van der Waals surface area contributed by atoms with Crippen LogP contribution in [0.4, 0.5) is 0 Å². The lowest BCUT2D eigenvalue weighted by molar-refractivity contribution is 0.00991. The molecule has 8 heteroatoms. The fourth-order valence-corrected chi connectivity index (χ4v) is 3.17. The molecule has 1 fully saturated rings. The van der Waals surface area contributed by atoms with E-state index in [0.29, 0.717) is 12.7 Å². The summed E-state index contributed by atoms with van der Waals surface area (Å²) < 4.78 is 22.0. The number of hydrogen-bond donors (Lipinski definition) is 1. The van der Waals surface area contributed by atoms with Gasteiger partial charge in [0.25, 0.3) is 0 Å². The van der Waals surface area contributed by atoms with Crippen molar-refractivity contribution in [2.45, 2.75) is 31.8 Å². The molecule has 166 valence electrons. The lowest BCUT2D eigenvalue weighted by Gasteiger charge is -2.34. The third-order valence-electron chi connectivity index (χ3n) is 4.71. The Balaban J connectivity index is 0.00000420. The van der Waals surface area contributed by atoms with E-state index in [2.05, 4.69) is 15.2 Å². The SMILES string of the molecule is CN=C(NCCCOc1cccc(OC)c1)N1CCC(OCCCOC)CC1.I. The Labute approximate surface area is 192 Å². The largest absolute Gasteiger partial charge is 0.497 e. The second-order valence-corrected chi connectivity index (χ2v) is 6.76. The second kappa shape index (κ2) is 15.6. The number of methoxy groups -OCH3 is 2. The lowest BCUT2D eigenvalue weighted by Crippen LogP contribution is -2.47. The topological polar surface area (TPSA) is 64.6 Å². The predicted molar refractivity (Wildman–Crippen MR) is 127 cm³/mol. The van der Waals surface area contributed by atoms with Crippen molar-refractivity contribution in [3.05, 3.63) is 24.3 Å². The van der Waals surface area contributed by atoms with Gasteiger partial charge in [0.1, 0.15) is 11.5 Å². The normalized spacial score (nSPS) is 15.0. The molecule has 0 saturated carbocycles. The first-order valence-electron chi connectivity index (χ1n) is 10.1. The van der Waals surface area contributed by atoms with Crippen LogP contribution in [0.15, 0.2) is 29.3 Å². The van der Waals surface area contributed by atoms with E-state index in [4.69, 9.17) is 18.9 Å². The third-order valence-corrected chi connectivity index (χ3v) is 4.71. The molecule has 1 aromatic rings. The van der Waals surface area contributed by atoms with Crippen molar-refractivity contribution in [1.29, 1.82) is 0 Å². The van der Waals surface area contributed by atoms with Gasteiger partial charge in [-0.25, -0.2) is 0 Å². The molecular weight excluding hydrogens is 485 g/mol. The number of nitrogens with zero attached hydrogens (tertiary/aromatic N) is 2. The Morgan fingerprint density at radius 3 is 2.55 bits per heavy atom. The van der Waals surface area contributed by atoms with E-state index >= 15 is 0 Å².